The summed E-state index contributed by atoms with van der Waals surface area (Å²) in [6, 6.07) is 11.0. The standard InChI is InChI=1S/C27H37N3O6.C10H19N3O3/c1-6-36-21-12-10-20(11-13-21)26(23-15-14-22(34-4)17-25(23)35-5)30-27(33)24(29-19(3)32)9-7-8-16-28-18(2)31;1-7(14)12-6-4-3-5-9(10(11)16)13-8(2)15/h10-15,17,24,26H,6-9,16H2,1-5H3,(H,28,31)(H,29,32)(H,30,33);9H,3-6H2,1-2H3,(H2,11,16)(H,12,14)(H,13,15)/t24-,26?;9-/m00/s1. The van der Waals surface area contributed by atoms with E-state index in [1.807, 2.05) is 37.3 Å². The molecule has 0 bridgehead atoms. The van der Waals surface area contributed by atoms with Gasteiger partial charge in [0.05, 0.1) is 26.9 Å². The highest BCUT2D eigenvalue weighted by Crippen LogP contribution is 2.34. The molecule has 1 unspecified atom stereocenters. The SMILES string of the molecule is CC(=O)NCCCC[C@H](NC(C)=O)C(N)=O.CCOc1ccc(C(NC(=O)[C@H](CCCCNC(C)=O)NC(C)=O)c2ccc(OC)cc2OC)cc1. The molecule has 6 amide bonds. The Morgan fingerprint density at radius 3 is 1.63 bits per heavy atom. The van der Waals surface area contributed by atoms with Gasteiger partial charge in [-0.3, -0.25) is 28.8 Å². The number of rotatable bonds is 21. The van der Waals surface area contributed by atoms with E-state index < -0.39 is 24.0 Å². The fourth-order valence-corrected chi connectivity index (χ4v) is 5.08. The smallest absolute Gasteiger partial charge is 0.243 e. The van der Waals surface area contributed by atoms with Crippen LogP contribution in [0.2, 0.25) is 0 Å². The number of benzene rings is 2. The molecule has 0 radical (unpaired) electrons. The number of ether oxygens (including phenoxy) is 3. The molecule has 2 aromatic carbocycles. The summed E-state index contributed by atoms with van der Waals surface area (Å²) in [5.74, 6) is 0.315. The van der Waals surface area contributed by atoms with Gasteiger partial charge in [0.25, 0.3) is 0 Å². The predicted octanol–water partition coefficient (Wildman–Crippen LogP) is 2.40. The highest BCUT2D eigenvalue weighted by molar-refractivity contribution is 5.87. The van der Waals surface area contributed by atoms with E-state index >= 15 is 0 Å². The van der Waals surface area contributed by atoms with Crippen molar-refractivity contribution >= 4 is 35.4 Å². The van der Waals surface area contributed by atoms with Crippen LogP contribution in [0.25, 0.3) is 0 Å². The van der Waals surface area contributed by atoms with Crippen molar-refractivity contribution in [3.05, 3.63) is 53.6 Å². The van der Waals surface area contributed by atoms with E-state index in [1.165, 1.54) is 27.7 Å². The minimum absolute atomic E-state index is 0.0756. The summed E-state index contributed by atoms with van der Waals surface area (Å²) in [5.41, 5.74) is 6.69. The lowest BCUT2D eigenvalue weighted by Gasteiger charge is -2.25. The van der Waals surface area contributed by atoms with Gasteiger partial charge in [0.1, 0.15) is 29.3 Å². The molecule has 52 heavy (non-hydrogen) atoms. The Labute approximate surface area is 306 Å². The normalized spacial score (nSPS) is 12.0. The lowest BCUT2D eigenvalue weighted by atomic mass is 9.96. The number of carbonyl (C=O) groups excluding carboxylic acids is 6. The second kappa shape index (κ2) is 24.7. The second-order valence-corrected chi connectivity index (χ2v) is 11.9. The van der Waals surface area contributed by atoms with Crippen LogP contribution in [0.15, 0.2) is 42.5 Å². The Morgan fingerprint density at radius 1 is 0.654 bits per heavy atom. The number of nitrogens with one attached hydrogen (secondary N) is 5. The summed E-state index contributed by atoms with van der Waals surface area (Å²) < 4.78 is 16.5. The summed E-state index contributed by atoms with van der Waals surface area (Å²) in [6.07, 6.45) is 3.74. The Bertz CT molecular complexity index is 1450. The molecule has 0 aliphatic rings. The molecule has 0 fully saturated rings. The fraction of sp³-hybridized carbons (Fsp3) is 0.514. The Kier molecular flexibility index (Phi) is 21.3. The van der Waals surface area contributed by atoms with Crippen LogP contribution in [0.4, 0.5) is 0 Å². The Morgan fingerprint density at radius 2 is 1.17 bits per heavy atom. The molecule has 15 nitrogen and oxygen atoms in total. The molecule has 0 heterocycles. The van der Waals surface area contributed by atoms with Crippen LogP contribution in [0.3, 0.4) is 0 Å². The molecular formula is C37H56N6O9. The average Bonchev–Trinajstić information content (AvgIpc) is 3.09. The van der Waals surface area contributed by atoms with Crippen molar-refractivity contribution in [2.45, 2.75) is 91.3 Å². The van der Waals surface area contributed by atoms with Crippen molar-refractivity contribution in [2.24, 2.45) is 5.73 Å². The van der Waals surface area contributed by atoms with Crippen LogP contribution in [0, 0.1) is 0 Å². The molecule has 0 aliphatic heterocycles. The maximum absolute atomic E-state index is 13.4. The van der Waals surface area contributed by atoms with Gasteiger partial charge < -0.3 is 46.5 Å². The summed E-state index contributed by atoms with van der Waals surface area (Å²) >= 11 is 0. The zero-order chi connectivity index (χ0) is 39.1. The first-order chi connectivity index (χ1) is 24.7. The van der Waals surface area contributed by atoms with Crippen LogP contribution in [-0.4, -0.2) is 81.4 Å². The van der Waals surface area contributed by atoms with E-state index in [2.05, 4.69) is 26.6 Å². The number of hydrogen-bond acceptors (Lipinski definition) is 9. The molecule has 15 heteroatoms. The van der Waals surface area contributed by atoms with E-state index in [9.17, 15) is 28.8 Å². The quantitative estimate of drug-likeness (QED) is 0.104. The van der Waals surface area contributed by atoms with Gasteiger partial charge in [-0.2, -0.15) is 0 Å². The first-order valence-electron chi connectivity index (χ1n) is 17.3. The highest BCUT2D eigenvalue weighted by atomic mass is 16.5. The van der Waals surface area contributed by atoms with Crippen molar-refractivity contribution in [1.29, 1.82) is 0 Å². The number of unbranched alkanes of at least 4 members (excludes halogenated alkanes) is 2. The predicted molar refractivity (Wildman–Crippen MR) is 197 cm³/mol. The van der Waals surface area contributed by atoms with E-state index in [0.717, 1.165) is 23.3 Å². The van der Waals surface area contributed by atoms with E-state index in [-0.39, 0.29) is 29.5 Å². The lowest BCUT2D eigenvalue weighted by Crippen LogP contribution is -2.47. The van der Waals surface area contributed by atoms with Crippen molar-refractivity contribution < 1.29 is 43.0 Å². The number of carbonyl (C=O) groups is 6. The van der Waals surface area contributed by atoms with Gasteiger partial charge in [-0.25, -0.2) is 0 Å². The number of primary amides is 1. The number of nitrogens with two attached hydrogens (primary N) is 1. The van der Waals surface area contributed by atoms with Gasteiger partial charge in [-0.05, 0) is 75.3 Å². The molecule has 288 valence electrons. The molecule has 0 saturated carbocycles. The molecule has 0 aliphatic carbocycles. The summed E-state index contributed by atoms with van der Waals surface area (Å²) in [5, 5.41) is 13.7. The van der Waals surface area contributed by atoms with Gasteiger partial charge in [0.2, 0.25) is 35.4 Å². The van der Waals surface area contributed by atoms with E-state index in [1.54, 1.807) is 26.4 Å². The minimum atomic E-state index is -0.728. The maximum atomic E-state index is 13.4. The molecule has 0 saturated heterocycles. The third-order valence-corrected chi connectivity index (χ3v) is 7.56. The zero-order valence-electron chi connectivity index (χ0n) is 31.4. The first-order valence-corrected chi connectivity index (χ1v) is 17.3. The van der Waals surface area contributed by atoms with Crippen LogP contribution >= 0.6 is 0 Å². The monoisotopic (exact) mass is 728 g/mol. The van der Waals surface area contributed by atoms with Crippen molar-refractivity contribution in [1.82, 2.24) is 26.6 Å². The zero-order valence-corrected chi connectivity index (χ0v) is 31.4. The number of amides is 6. The van der Waals surface area contributed by atoms with Crippen molar-refractivity contribution in [3.63, 3.8) is 0 Å². The van der Waals surface area contributed by atoms with Crippen LogP contribution < -0.4 is 46.5 Å². The van der Waals surface area contributed by atoms with Gasteiger partial charge >= 0.3 is 0 Å². The van der Waals surface area contributed by atoms with Gasteiger partial charge in [0.15, 0.2) is 0 Å². The third kappa shape index (κ3) is 18.1. The van der Waals surface area contributed by atoms with Crippen LogP contribution in [0.1, 0.15) is 90.3 Å². The molecule has 3 atom stereocenters. The maximum Gasteiger partial charge on any atom is 0.243 e. The van der Waals surface area contributed by atoms with Crippen molar-refractivity contribution in [2.75, 3.05) is 33.9 Å². The molecular weight excluding hydrogens is 672 g/mol. The average molecular weight is 729 g/mol. The van der Waals surface area contributed by atoms with Crippen LogP contribution in [-0.2, 0) is 28.8 Å². The Hall–Kier alpha value is -5.34. The lowest BCUT2D eigenvalue weighted by molar-refractivity contribution is -0.128. The van der Waals surface area contributed by atoms with Gasteiger partial charge in [-0.1, -0.05) is 12.1 Å². The van der Waals surface area contributed by atoms with Gasteiger partial charge in [-0.15, -0.1) is 0 Å². The number of methoxy groups -OCH3 is 2. The summed E-state index contributed by atoms with van der Waals surface area (Å²) in [4.78, 5) is 68.6. The summed E-state index contributed by atoms with van der Waals surface area (Å²) in [7, 11) is 3.13. The first kappa shape index (κ1) is 44.7. The minimum Gasteiger partial charge on any atom is -0.497 e. The molecule has 7 N–H and O–H groups in total. The second-order valence-electron chi connectivity index (χ2n) is 11.9. The molecule has 2 rings (SSSR count). The van der Waals surface area contributed by atoms with Gasteiger partial charge in [0, 0.05) is 52.4 Å². The largest absolute Gasteiger partial charge is 0.497 e. The highest BCUT2D eigenvalue weighted by Gasteiger charge is 2.26. The topological polar surface area (TPSA) is 216 Å². The number of hydrogen-bond donors (Lipinski definition) is 6. The van der Waals surface area contributed by atoms with Crippen LogP contribution in [0.5, 0.6) is 17.2 Å². The summed E-state index contributed by atoms with van der Waals surface area (Å²) in [6.45, 7) is 9.18. The third-order valence-electron chi connectivity index (χ3n) is 7.56. The molecule has 0 aromatic heterocycles. The van der Waals surface area contributed by atoms with E-state index in [4.69, 9.17) is 19.9 Å². The Balaban J connectivity index is 0.000000710. The van der Waals surface area contributed by atoms with Crippen molar-refractivity contribution in [3.8, 4) is 17.2 Å². The molecule has 0 spiro atoms. The van der Waals surface area contributed by atoms with E-state index in [0.29, 0.717) is 63.3 Å². The fourth-order valence-electron chi connectivity index (χ4n) is 5.08. The molecule has 2 aromatic rings.